The van der Waals surface area contributed by atoms with Crippen molar-refractivity contribution in [2.75, 3.05) is 31.6 Å². The smallest absolute Gasteiger partial charge is 0.248 e. The largest absolute Gasteiger partial charge is 0.490 e. The lowest BCUT2D eigenvalue weighted by atomic mass is 9.88. The van der Waals surface area contributed by atoms with Crippen LogP contribution in [0.15, 0.2) is 103 Å². The highest BCUT2D eigenvalue weighted by Crippen LogP contribution is 2.30. The molecular formula is C33H34N2O3. The van der Waals surface area contributed by atoms with Gasteiger partial charge in [-0.15, -0.1) is 0 Å². The van der Waals surface area contributed by atoms with E-state index in [2.05, 4.69) is 52.7 Å². The molecule has 1 saturated heterocycles. The highest BCUT2D eigenvalue weighted by atomic mass is 16.5. The predicted octanol–water partition coefficient (Wildman–Crippen LogP) is 6.11. The number of fused-ring (bicyclic) bond motifs is 1. The van der Waals surface area contributed by atoms with Gasteiger partial charge in [-0.2, -0.15) is 0 Å². The second-order valence-corrected chi connectivity index (χ2v) is 9.87. The van der Waals surface area contributed by atoms with E-state index in [0.717, 1.165) is 37.2 Å². The van der Waals surface area contributed by atoms with Crippen LogP contribution in [0.1, 0.15) is 29.9 Å². The van der Waals surface area contributed by atoms with Crippen molar-refractivity contribution in [3.8, 4) is 5.75 Å². The molecule has 1 aliphatic rings. The molecule has 5 heteroatoms. The number of benzene rings is 4. The molecule has 4 aromatic rings. The Balaban J connectivity index is 1.09. The molecule has 38 heavy (non-hydrogen) atoms. The molecule has 0 saturated carbocycles. The summed E-state index contributed by atoms with van der Waals surface area (Å²) in [6, 6.07) is 32.2. The van der Waals surface area contributed by atoms with Crippen molar-refractivity contribution < 1.29 is 14.6 Å². The molecule has 1 atom stereocenters. The van der Waals surface area contributed by atoms with Gasteiger partial charge in [-0.05, 0) is 72.5 Å². The van der Waals surface area contributed by atoms with Gasteiger partial charge in [0, 0.05) is 23.9 Å². The molecule has 5 nitrogen and oxygen atoms in total. The molecule has 1 heterocycles. The lowest BCUT2D eigenvalue weighted by molar-refractivity contribution is -0.111. The van der Waals surface area contributed by atoms with Gasteiger partial charge in [0.15, 0.2) is 0 Å². The number of hydrogen-bond donors (Lipinski definition) is 2. The number of β-amino-alcohol motifs (C(OH)–C–C–N with tert-alkyl or cyclic N) is 1. The van der Waals surface area contributed by atoms with Crippen molar-refractivity contribution in [3.63, 3.8) is 0 Å². The summed E-state index contributed by atoms with van der Waals surface area (Å²) in [6.45, 7) is 2.71. The first-order valence-electron chi connectivity index (χ1n) is 13.3. The van der Waals surface area contributed by atoms with Crippen LogP contribution >= 0.6 is 0 Å². The third kappa shape index (κ3) is 6.88. The van der Waals surface area contributed by atoms with E-state index < -0.39 is 6.10 Å². The number of hydrogen-bond acceptors (Lipinski definition) is 4. The fourth-order valence-electron chi connectivity index (χ4n) is 5.07. The number of likely N-dealkylation sites (tertiary alicyclic amines) is 1. The number of amides is 1. The van der Waals surface area contributed by atoms with Gasteiger partial charge in [-0.3, -0.25) is 4.79 Å². The number of carbonyl (C=O) groups is 1. The lowest BCUT2D eigenvalue weighted by Crippen LogP contribution is -2.40. The van der Waals surface area contributed by atoms with E-state index in [-0.39, 0.29) is 12.5 Å². The Bertz CT molecular complexity index is 1380. The van der Waals surface area contributed by atoms with E-state index in [1.54, 1.807) is 6.08 Å². The Morgan fingerprint density at radius 2 is 1.63 bits per heavy atom. The lowest BCUT2D eigenvalue weighted by Gasteiger charge is -2.33. The second-order valence-electron chi connectivity index (χ2n) is 9.87. The number of aliphatic hydroxyl groups excluding tert-OH is 1. The summed E-state index contributed by atoms with van der Waals surface area (Å²) in [5, 5.41) is 16.1. The van der Waals surface area contributed by atoms with E-state index in [0.29, 0.717) is 18.2 Å². The minimum Gasteiger partial charge on any atom is -0.490 e. The third-order valence-electron chi connectivity index (χ3n) is 7.11. The normalized spacial score (nSPS) is 15.5. The van der Waals surface area contributed by atoms with Crippen molar-refractivity contribution in [2.45, 2.75) is 24.9 Å². The monoisotopic (exact) mass is 506 g/mol. The minimum absolute atomic E-state index is 0.200. The van der Waals surface area contributed by atoms with Crippen molar-refractivity contribution >= 4 is 28.4 Å². The predicted molar refractivity (Wildman–Crippen MR) is 154 cm³/mol. The molecular weight excluding hydrogens is 472 g/mol. The van der Waals surface area contributed by atoms with Gasteiger partial charge in [0.1, 0.15) is 18.5 Å². The molecule has 4 aromatic carbocycles. The summed E-state index contributed by atoms with van der Waals surface area (Å²) in [5.74, 6) is 0.991. The van der Waals surface area contributed by atoms with E-state index >= 15 is 0 Å². The number of anilines is 1. The molecule has 0 aromatic heterocycles. The fourth-order valence-corrected chi connectivity index (χ4v) is 5.07. The van der Waals surface area contributed by atoms with Crippen LogP contribution in [0.3, 0.4) is 0 Å². The molecule has 1 fully saturated rings. The molecule has 5 rings (SSSR count). The molecule has 1 amide bonds. The molecule has 0 radical (unpaired) electrons. The van der Waals surface area contributed by atoms with Gasteiger partial charge in [-0.25, -0.2) is 0 Å². The maximum absolute atomic E-state index is 12.3. The zero-order valence-corrected chi connectivity index (χ0v) is 21.5. The van der Waals surface area contributed by atoms with Gasteiger partial charge in [0.25, 0.3) is 0 Å². The Kier molecular flexibility index (Phi) is 8.49. The first-order chi connectivity index (χ1) is 18.6. The highest BCUT2D eigenvalue weighted by Gasteiger charge is 2.22. The van der Waals surface area contributed by atoms with Gasteiger partial charge in [0.2, 0.25) is 5.91 Å². The zero-order valence-electron chi connectivity index (χ0n) is 21.5. The standard InChI is InChI=1S/C33H34N2O3/c36-31(23-35-20-18-26(19-21-35)29-15-14-25-8-4-5-10-28(25)22-29)24-38-32-13-7-6-9-27(32)16-17-33(37)34-30-11-2-1-3-12-30/h1-17,22,26,31,36H,18-21,23-24H2,(H,34,37)/b17-16+. The van der Waals surface area contributed by atoms with Gasteiger partial charge < -0.3 is 20.1 Å². The van der Waals surface area contributed by atoms with Crippen LogP contribution in [-0.2, 0) is 4.79 Å². The first-order valence-corrected chi connectivity index (χ1v) is 13.3. The molecule has 2 N–H and O–H groups in total. The summed E-state index contributed by atoms with van der Waals surface area (Å²) < 4.78 is 5.96. The van der Waals surface area contributed by atoms with Gasteiger partial charge in [-0.1, -0.05) is 78.9 Å². The van der Waals surface area contributed by atoms with Crippen LogP contribution < -0.4 is 10.1 Å². The quantitative estimate of drug-likeness (QED) is 0.269. The molecule has 1 unspecified atom stereocenters. The maximum Gasteiger partial charge on any atom is 0.248 e. The third-order valence-corrected chi connectivity index (χ3v) is 7.11. The Morgan fingerprint density at radius 3 is 2.45 bits per heavy atom. The summed E-state index contributed by atoms with van der Waals surface area (Å²) in [7, 11) is 0. The van der Waals surface area contributed by atoms with Crippen LogP contribution in [-0.4, -0.2) is 48.3 Å². The average Bonchev–Trinajstić information content (AvgIpc) is 2.96. The van der Waals surface area contributed by atoms with Crippen molar-refractivity contribution in [3.05, 3.63) is 114 Å². The van der Waals surface area contributed by atoms with Gasteiger partial charge in [0.05, 0.1) is 0 Å². The minimum atomic E-state index is -0.592. The summed E-state index contributed by atoms with van der Waals surface area (Å²) in [4.78, 5) is 14.6. The topological polar surface area (TPSA) is 61.8 Å². The van der Waals surface area contributed by atoms with E-state index in [9.17, 15) is 9.90 Å². The van der Waals surface area contributed by atoms with Crippen molar-refractivity contribution in [1.82, 2.24) is 4.90 Å². The highest BCUT2D eigenvalue weighted by molar-refractivity contribution is 6.02. The number of carbonyl (C=O) groups excluding carboxylic acids is 1. The number of ether oxygens (including phenoxy) is 1. The SMILES string of the molecule is O=C(/C=C/c1ccccc1OCC(O)CN1CCC(c2ccc3ccccc3c2)CC1)Nc1ccccc1. The van der Waals surface area contributed by atoms with Crippen LogP contribution in [0.5, 0.6) is 5.75 Å². The first kappa shape index (κ1) is 25.7. The summed E-state index contributed by atoms with van der Waals surface area (Å²) in [6.07, 6.45) is 4.81. The summed E-state index contributed by atoms with van der Waals surface area (Å²) in [5.41, 5.74) is 2.95. The number of nitrogens with zero attached hydrogens (tertiary/aromatic N) is 1. The Hall–Kier alpha value is -3.93. The Labute approximate surface area is 224 Å². The number of nitrogens with one attached hydrogen (secondary N) is 1. The van der Waals surface area contributed by atoms with Crippen LogP contribution in [0.2, 0.25) is 0 Å². The van der Waals surface area contributed by atoms with Crippen molar-refractivity contribution in [1.29, 1.82) is 0 Å². The molecule has 0 aliphatic carbocycles. The molecule has 0 bridgehead atoms. The number of rotatable bonds is 9. The van der Waals surface area contributed by atoms with E-state index in [1.165, 1.54) is 22.4 Å². The van der Waals surface area contributed by atoms with Crippen LogP contribution in [0.4, 0.5) is 5.69 Å². The van der Waals surface area contributed by atoms with Gasteiger partial charge >= 0.3 is 0 Å². The Morgan fingerprint density at radius 1 is 0.921 bits per heavy atom. The molecule has 1 aliphatic heterocycles. The number of para-hydroxylation sites is 2. The van der Waals surface area contributed by atoms with Crippen molar-refractivity contribution in [2.24, 2.45) is 0 Å². The number of piperidine rings is 1. The molecule has 194 valence electrons. The maximum atomic E-state index is 12.3. The number of aliphatic hydroxyl groups is 1. The second kappa shape index (κ2) is 12.5. The van der Waals surface area contributed by atoms with Crippen LogP contribution in [0, 0.1) is 0 Å². The van der Waals surface area contributed by atoms with E-state index in [4.69, 9.17) is 4.74 Å². The summed E-state index contributed by atoms with van der Waals surface area (Å²) >= 11 is 0. The van der Waals surface area contributed by atoms with E-state index in [1.807, 2.05) is 54.6 Å². The zero-order chi connectivity index (χ0) is 26.2. The average molecular weight is 507 g/mol. The van der Waals surface area contributed by atoms with Crippen LogP contribution in [0.25, 0.3) is 16.8 Å². The molecule has 0 spiro atoms. The fraction of sp³-hybridized carbons (Fsp3) is 0.242.